The highest BCUT2D eigenvalue weighted by Gasteiger charge is 2.24. The molecule has 0 saturated carbocycles. The zero-order valence-corrected chi connectivity index (χ0v) is 16.2. The summed E-state index contributed by atoms with van der Waals surface area (Å²) in [6.45, 7) is 1.39. The number of halogens is 2. The van der Waals surface area contributed by atoms with Crippen molar-refractivity contribution >= 4 is 38.9 Å². The average Bonchev–Trinajstić information content (AvgIpc) is 3.13. The Morgan fingerprint density at radius 2 is 2.11 bits per heavy atom. The molecule has 4 rings (SSSR count). The van der Waals surface area contributed by atoms with E-state index in [1.54, 1.807) is 24.4 Å². The lowest BCUT2D eigenvalue weighted by atomic mass is 9.89. The molecule has 1 amide bonds. The molecular weight excluding hydrogens is 409 g/mol. The van der Waals surface area contributed by atoms with Crippen molar-refractivity contribution in [3.63, 3.8) is 0 Å². The van der Waals surface area contributed by atoms with Gasteiger partial charge in [-0.05, 0) is 60.7 Å². The standard InChI is InChI=1S/C21H19BrFN3O/c22-16-4-5-19(23)15(12-16)3-6-20(27)26-10-7-14(8-11-26)18-13-25-21-17(18)2-1-9-24-21/h1-6,9,12-14H,7-8,10-11H2,(H,24,25)/b6-3+. The SMILES string of the molecule is O=C(/C=C/c1cc(Br)ccc1F)N1CCC(c2c[nH]c3ncccc23)CC1. The van der Waals surface area contributed by atoms with E-state index in [2.05, 4.69) is 32.0 Å². The van der Waals surface area contributed by atoms with Crippen molar-refractivity contribution in [1.82, 2.24) is 14.9 Å². The Kier molecular flexibility index (Phi) is 5.07. The quantitative estimate of drug-likeness (QED) is 0.605. The predicted octanol–water partition coefficient (Wildman–Crippen LogP) is 4.88. The van der Waals surface area contributed by atoms with E-state index in [4.69, 9.17) is 0 Å². The van der Waals surface area contributed by atoms with E-state index >= 15 is 0 Å². The van der Waals surface area contributed by atoms with Crippen LogP contribution in [0, 0.1) is 5.82 Å². The molecule has 1 fully saturated rings. The number of carbonyl (C=O) groups excluding carboxylic acids is 1. The van der Waals surface area contributed by atoms with Crippen LogP contribution < -0.4 is 0 Å². The lowest BCUT2D eigenvalue weighted by Gasteiger charge is -2.31. The molecule has 0 radical (unpaired) electrons. The molecule has 0 bridgehead atoms. The number of H-pyrrole nitrogens is 1. The molecule has 3 aromatic rings. The molecule has 6 heteroatoms. The third-order valence-corrected chi connectivity index (χ3v) is 5.59. The second-order valence-corrected chi connectivity index (χ2v) is 7.66. The number of amides is 1. The molecule has 0 atom stereocenters. The molecule has 1 aliphatic rings. The Morgan fingerprint density at radius 3 is 2.93 bits per heavy atom. The van der Waals surface area contributed by atoms with Crippen molar-refractivity contribution < 1.29 is 9.18 Å². The van der Waals surface area contributed by atoms with Crippen LogP contribution in [-0.2, 0) is 4.79 Å². The van der Waals surface area contributed by atoms with Crippen molar-refractivity contribution in [3.8, 4) is 0 Å². The molecule has 2 aromatic heterocycles. The van der Waals surface area contributed by atoms with Gasteiger partial charge in [0.1, 0.15) is 11.5 Å². The fourth-order valence-electron chi connectivity index (χ4n) is 3.63. The van der Waals surface area contributed by atoms with Gasteiger partial charge in [0.25, 0.3) is 0 Å². The van der Waals surface area contributed by atoms with Crippen LogP contribution in [0.25, 0.3) is 17.1 Å². The maximum absolute atomic E-state index is 13.8. The van der Waals surface area contributed by atoms with Gasteiger partial charge in [-0.2, -0.15) is 0 Å². The number of nitrogens with zero attached hydrogens (tertiary/aromatic N) is 2. The zero-order chi connectivity index (χ0) is 18.8. The Bertz CT molecular complexity index is 1010. The van der Waals surface area contributed by atoms with Crippen LogP contribution in [0.1, 0.15) is 29.9 Å². The van der Waals surface area contributed by atoms with Crippen molar-refractivity contribution in [3.05, 3.63) is 70.2 Å². The van der Waals surface area contributed by atoms with Crippen LogP contribution in [0.4, 0.5) is 4.39 Å². The topological polar surface area (TPSA) is 49.0 Å². The number of rotatable bonds is 3. The molecule has 3 heterocycles. The van der Waals surface area contributed by atoms with Crippen LogP contribution in [0.5, 0.6) is 0 Å². The smallest absolute Gasteiger partial charge is 0.246 e. The maximum Gasteiger partial charge on any atom is 0.246 e. The molecule has 1 aliphatic heterocycles. The number of aromatic nitrogens is 2. The first-order valence-electron chi connectivity index (χ1n) is 8.96. The fraction of sp³-hybridized carbons (Fsp3) is 0.238. The molecule has 27 heavy (non-hydrogen) atoms. The molecule has 1 aromatic carbocycles. The van der Waals surface area contributed by atoms with Gasteiger partial charge in [0, 0.05) is 47.0 Å². The number of fused-ring (bicyclic) bond motifs is 1. The summed E-state index contributed by atoms with van der Waals surface area (Å²) in [5, 5.41) is 1.16. The summed E-state index contributed by atoms with van der Waals surface area (Å²) >= 11 is 3.32. The minimum absolute atomic E-state index is 0.0755. The zero-order valence-electron chi connectivity index (χ0n) is 14.7. The first-order valence-corrected chi connectivity index (χ1v) is 9.75. The lowest BCUT2D eigenvalue weighted by Crippen LogP contribution is -2.36. The fourth-order valence-corrected chi connectivity index (χ4v) is 4.01. The first kappa shape index (κ1) is 17.9. The number of nitrogens with one attached hydrogen (secondary N) is 1. The van der Waals surface area contributed by atoms with E-state index in [0.29, 0.717) is 24.6 Å². The third-order valence-electron chi connectivity index (χ3n) is 5.09. The predicted molar refractivity (Wildman–Crippen MR) is 108 cm³/mol. The highest BCUT2D eigenvalue weighted by atomic mass is 79.9. The molecule has 1 saturated heterocycles. The number of carbonyl (C=O) groups is 1. The van der Waals surface area contributed by atoms with E-state index < -0.39 is 0 Å². The second kappa shape index (κ2) is 7.64. The highest BCUT2D eigenvalue weighted by molar-refractivity contribution is 9.10. The van der Waals surface area contributed by atoms with Crippen LogP contribution in [-0.4, -0.2) is 33.9 Å². The molecule has 1 N–H and O–H groups in total. The summed E-state index contributed by atoms with van der Waals surface area (Å²) in [6.07, 6.45) is 8.64. The van der Waals surface area contributed by atoms with Crippen molar-refractivity contribution in [2.75, 3.05) is 13.1 Å². The van der Waals surface area contributed by atoms with Gasteiger partial charge in [-0.25, -0.2) is 9.37 Å². The first-order chi connectivity index (χ1) is 13.1. The lowest BCUT2D eigenvalue weighted by molar-refractivity contribution is -0.126. The maximum atomic E-state index is 13.8. The van der Waals surface area contributed by atoms with Crippen LogP contribution in [0.2, 0.25) is 0 Å². The van der Waals surface area contributed by atoms with E-state index in [9.17, 15) is 9.18 Å². The Morgan fingerprint density at radius 1 is 1.30 bits per heavy atom. The highest BCUT2D eigenvalue weighted by Crippen LogP contribution is 2.32. The van der Waals surface area contributed by atoms with E-state index in [1.165, 1.54) is 17.7 Å². The summed E-state index contributed by atoms with van der Waals surface area (Å²) in [5.74, 6) is 0.000764. The molecule has 0 spiro atoms. The summed E-state index contributed by atoms with van der Waals surface area (Å²) in [5.41, 5.74) is 2.58. The summed E-state index contributed by atoms with van der Waals surface area (Å²) in [7, 11) is 0. The van der Waals surface area contributed by atoms with Crippen molar-refractivity contribution in [2.45, 2.75) is 18.8 Å². The molecule has 0 unspecified atom stereocenters. The number of benzene rings is 1. The van der Waals surface area contributed by atoms with Gasteiger partial charge in [0.2, 0.25) is 5.91 Å². The molecule has 4 nitrogen and oxygen atoms in total. The van der Waals surface area contributed by atoms with Crippen LogP contribution in [0.3, 0.4) is 0 Å². The van der Waals surface area contributed by atoms with Gasteiger partial charge in [-0.3, -0.25) is 4.79 Å². The summed E-state index contributed by atoms with van der Waals surface area (Å²) in [6, 6.07) is 8.72. The number of piperidine rings is 1. The number of hydrogen-bond donors (Lipinski definition) is 1. The average molecular weight is 428 g/mol. The molecular formula is C21H19BrFN3O. The number of hydrogen-bond acceptors (Lipinski definition) is 2. The van der Waals surface area contributed by atoms with Gasteiger partial charge in [-0.1, -0.05) is 15.9 Å². The number of likely N-dealkylation sites (tertiary alicyclic amines) is 1. The van der Waals surface area contributed by atoms with E-state index in [1.807, 2.05) is 17.2 Å². The minimum Gasteiger partial charge on any atom is -0.346 e. The van der Waals surface area contributed by atoms with Crippen LogP contribution in [0.15, 0.2) is 53.3 Å². The Hall–Kier alpha value is -2.47. The normalized spacial score (nSPS) is 15.7. The molecule has 0 aliphatic carbocycles. The number of pyridine rings is 1. The van der Waals surface area contributed by atoms with Crippen molar-refractivity contribution in [2.24, 2.45) is 0 Å². The Labute approximate surface area is 165 Å². The van der Waals surface area contributed by atoms with Gasteiger partial charge in [0.05, 0.1) is 0 Å². The van der Waals surface area contributed by atoms with Gasteiger partial charge >= 0.3 is 0 Å². The second-order valence-electron chi connectivity index (χ2n) is 6.74. The van der Waals surface area contributed by atoms with Crippen LogP contribution >= 0.6 is 15.9 Å². The summed E-state index contributed by atoms with van der Waals surface area (Å²) < 4.78 is 14.6. The Balaban J connectivity index is 1.41. The van der Waals surface area contributed by atoms with E-state index in [-0.39, 0.29) is 11.7 Å². The van der Waals surface area contributed by atoms with Gasteiger partial charge in [0.15, 0.2) is 0 Å². The third kappa shape index (κ3) is 3.81. The van der Waals surface area contributed by atoms with Gasteiger partial charge in [-0.15, -0.1) is 0 Å². The van der Waals surface area contributed by atoms with Gasteiger partial charge < -0.3 is 9.88 Å². The monoisotopic (exact) mass is 427 g/mol. The minimum atomic E-state index is -0.339. The number of aromatic amines is 1. The molecule has 138 valence electrons. The largest absolute Gasteiger partial charge is 0.346 e. The van der Waals surface area contributed by atoms with Crippen molar-refractivity contribution in [1.29, 1.82) is 0 Å². The van der Waals surface area contributed by atoms with E-state index in [0.717, 1.165) is 28.3 Å². The summed E-state index contributed by atoms with van der Waals surface area (Å²) in [4.78, 5) is 21.9.